The van der Waals surface area contributed by atoms with Crippen LogP contribution in [-0.4, -0.2) is 26.4 Å². The zero-order chi connectivity index (χ0) is 13.4. The molecule has 2 heterocycles. The van der Waals surface area contributed by atoms with E-state index < -0.39 is 0 Å². The van der Waals surface area contributed by atoms with E-state index in [1.165, 1.54) is 11.1 Å². The summed E-state index contributed by atoms with van der Waals surface area (Å²) in [6.07, 6.45) is 2.41. The predicted octanol–water partition coefficient (Wildman–Crippen LogP) is 3.07. The molecule has 2 aliphatic rings. The van der Waals surface area contributed by atoms with E-state index in [1.54, 1.807) is 0 Å². The van der Waals surface area contributed by atoms with Crippen LogP contribution in [0.4, 0.5) is 0 Å². The Hall–Kier alpha value is -0.580. The van der Waals surface area contributed by atoms with Gasteiger partial charge in [0.15, 0.2) is 0 Å². The number of benzene rings is 1. The van der Waals surface area contributed by atoms with Gasteiger partial charge in [0.05, 0.1) is 12.7 Å². The highest BCUT2D eigenvalue weighted by molar-refractivity contribution is 9.10. The van der Waals surface area contributed by atoms with E-state index in [1.807, 2.05) is 7.05 Å². The molecule has 0 amide bonds. The van der Waals surface area contributed by atoms with Gasteiger partial charge >= 0.3 is 0 Å². The highest BCUT2D eigenvalue weighted by Gasteiger charge is 2.34. The normalized spacial score (nSPS) is 27.1. The topological polar surface area (TPSA) is 30.5 Å². The zero-order valence-electron chi connectivity index (χ0n) is 11.4. The average Bonchev–Trinajstić information content (AvgIpc) is 2.99. The number of nitrogens with one attached hydrogen (secondary N) is 1. The summed E-state index contributed by atoms with van der Waals surface area (Å²) < 4.78 is 12.7. The quantitative estimate of drug-likeness (QED) is 0.926. The highest BCUT2D eigenvalue weighted by atomic mass is 79.9. The molecule has 1 aromatic rings. The molecule has 1 fully saturated rings. The van der Waals surface area contributed by atoms with Crippen LogP contribution in [0.25, 0.3) is 0 Å². The van der Waals surface area contributed by atoms with Crippen LogP contribution in [0.5, 0.6) is 5.75 Å². The first-order chi connectivity index (χ1) is 9.20. The highest BCUT2D eigenvalue weighted by Crippen LogP contribution is 2.41. The summed E-state index contributed by atoms with van der Waals surface area (Å²) in [4.78, 5) is 0. The number of rotatable bonds is 3. The standard InChI is InChI=1S/C15H20BrNO2/c1-9-12(4-6-18-9)14(17-2)13-8-11(16)7-10-3-5-19-15(10)13/h7-9,12,14,17H,3-6H2,1-2H3. The van der Waals surface area contributed by atoms with E-state index in [-0.39, 0.29) is 0 Å². The fourth-order valence-corrected chi connectivity index (χ4v) is 3.84. The molecule has 0 aromatic heterocycles. The zero-order valence-corrected chi connectivity index (χ0v) is 13.0. The van der Waals surface area contributed by atoms with Gasteiger partial charge in [-0.2, -0.15) is 0 Å². The average molecular weight is 326 g/mol. The van der Waals surface area contributed by atoms with E-state index >= 15 is 0 Å². The molecule has 4 heteroatoms. The summed E-state index contributed by atoms with van der Waals surface area (Å²) in [5.41, 5.74) is 2.59. The largest absolute Gasteiger partial charge is 0.493 e. The Labute approximate surface area is 122 Å². The Morgan fingerprint density at radius 2 is 2.21 bits per heavy atom. The molecule has 1 saturated heterocycles. The number of fused-ring (bicyclic) bond motifs is 1. The molecule has 3 rings (SSSR count). The fraction of sp³-hybridized carbons (Fsp3) is 0.600. The summed E-state index contributed by atoms with van der Waals surface area (Å²) in [6.45, 7) is 3.83. The molecule has 3 atom stereocenters. The van der Waals surface area contributed by atoms with Gasteiger partial charge in [0, 0.05) is 35.0 Å². The predicted molar refractivity (Wildman–Crippen MR) is 78.7 cm³/mol. The number of hydrogen-bond acceptors (Lipinski definition) is 3. The molecule has 3 nitrogen and oxygen atoms in total. The van der Waals surface area contributed by atoms with Crippen molar-refractivity contribution in [3.8, 4) is 5.75 Å². The van der Waals surface area contributed by atoms with Crippen molar-refractivity contribution in [2.24, 2.45) is 5.92 Å². The Kier molecular flexibility index (Phi) is 3.83. The summed E-state index contributed by atoms with van der Waals surface area (Å²) >= 11 is 3.62. The maximum absolute atomic E-state index is 5.86. The van der Waals surface area contributed by atoms with Gasteiger partial charge in [-0.05, 0) is 38.1 Å². The van der Waals surface area contributed by atoms with Gasteiger partial charge in [0.2, 0.25) is 0 Å². The van der Waals surface area contributed by atoms with Gasteiger partial charge in [0.25, 0.3) is 0 Å². The third-order valence-corrected chi connectivity index (χ3v) is 4.74. The van der Waals surface area contributed by atoms with Crippen LogP contribution in [0.2, 0.25) is 0 Å². The lowest BCUT2D eigenvalue weighted by atomic mass is 9.87. The van der Waals surface area contributed by atoms with Gasteiger partial charge in [-0.25, -0.2) is 0 Å². The number of halogens is 1. The van der Waals surface area contributed by atoms with Crippen molar-refractivity contribution in [3.63, 3.8) is 0 Å². The summed E-state index contributed by atoms with van der Waals surface area (Å²) in [6, 6.07) is 4.66. The molecule has 0 aliphatic carbocycles. The van der Waals surface area contributed by atoms with Crippen LogP contribution in [0.3, 0.4) is 0 Å². The number of hydrogen-bond donors (Lipinski definition) is 1. The first-order valence-electron chi connectivity index (χ1n) is 6.94. The molecule has 19 heavy (non-hydrogen) atoms. The van der Waals surface area contributed by atoms with Gasteiger partial charge in [0.1, 0.15) is 5.75 Å². The molecule has 0 bridgehead atoms. The first-order valence-corrected chi connectivity index (χ1v) is 7.74. The Balaban J connectivity index is 1.99. The summed E-state index contributed by atoms with van der Waals surface area (Å²) in [5, 5.41) is 3.47. The lowest BCUT2D eigenvalue weighted by Crippen LogP contribution is -2.29. The second-order valence-corrected chi connectivity index (χ2v) is 6.29. The van der Waals surface area contributed by atoms with Crippen molar-refractivity contribution in [1.29, 1.82) is 0 Å². The van der Waals surface area contributed by atoms with E-state index in [0.29, 0.717) is 18.1 Å². The minimum atomic E-state index is 0.293. The lowest BCUT2D eigenvalue weighted by Gasteiger charge is -2.27. The maximum atomic E-state index is 5.86. The SMILES string of the molecule is CNC(c1cc(Br)cc2c1OCC2)C1CCOC1C. The molecule has 3 unspecified atom stereocenters. The third kappa shape index (κ3) is 2.41. The van der Waals surface area contributed by atoms with E-state index in [0.717, 1.165) is 36.3 Å². The maximum Gasteiger partial charge on any atom is 0.127 e. The van der Waals surface area contributed by atoms with Crippen LogP contribution < -0.4 is 10.1 Å². The fourth-order valence-electron chi connectivity index (χ4n) is 3.32. The van der Waals surface area contributed by atoms with Crippen LogP contribution in [-0.2, 0) is 11.2 Å². The summed E-state index contributed by atoms with van der Waals surface area (Å²) in [7, 11) is 2.03. The first kappa shape index (κ1) is 13.4. The van der Waals surface area contributed by atoms with Crippen molar-refractivity contribution in [2.45, 2.75) is 31.9 Å². The van der Waals surface area contributed by atoms with Crippen LogP contribution in [0.15, 0.2) is 16.6 Å². The third-order valence-electron chi connectivity index (χ3n) is 4.29. The Morgan fingerprint density at radius 3 is 2.89 bits per heavy atom. The molecule has 104 valence electrons. The van der Waals surface area contributed by atoms with Gasteiger partial charge < -0.3 is 14.8 Å². The minimum absolute atomic E-state index is 0.293. The van der Waals surface area contributed by atoms with Crippen LogP contribution >= 0.6 is 15.9 Å². The molecular weight excluding hydrogens is 306 g/mol. The molecule has 0 saturated carbocycles. The smallest absolute Gasteiger partial charge is 0.127 e. The minimum Gasteiger partial charge on any atom is -0.493 e. The molecule has 2 aliphatic heterocycles. The molecule has 0 radical (unpaired) electrons. The molecule has 1 N–H and O–H groups in total. The second kappa shape index (κ2) is 5.43. The monoisotopic (exact) mass is 325 g/mol. The Bertz CT molecular complexity index is 477. The van der Waals surface area contributed by atoms with Crippen molar-refractivity contribution in [3.05, 3.63) is 27.7 Å². The van der Waals surface area contributed by atoms with Gasteiger partial charge in [-0.3, -0.25) is 0 Å². The Morgan fingerprint density at radius 1 is 1.37 bits per heavy atom. The van der Waals surface area contributed by atoms with Crippen molar-refractivity contribution < 1.29 is 9.47 Å². The number of ether oxygens (including phenoxy) is 2. The van der Waals surface area contributed by atoms with Crippen molar-refractivity contribution in [1.82, 2.24) is 5.32 Å². The van der Waals surface area contributed by atoms with E-state index in [2.05, 4.69) is 40.3 Å². The van der Waals surface area contributed by atoms with Gasteiger partial charge in [-0.1, -0.05) is 15.9 Å². The van der Waals surface area contributed by atoms with Gasteiger partial charge in [-0.15, -0.1) is 0 Å². The van der Waals surface area contributed by atoms with Crippen LogP contribution in [0, 0.1) is 5.92 Å². The second-order valence-electron chi connectivity index (χ2n) is 5.38. The van der Waals surface area contributed by atoms with Crippen molar-refractivity contribution >= 4 is 15.9 Å². The van der Waals surface area contributed by atoms with E-state index in [4.69, 9.17) is 9.47 Å². The molecule has 0 spiro atoms. The molecule has 1 aromatic carbocycles. The van der Waals surface area contributed by atoms with E-state index in [9.17, 15) is 0 Å². The van der Waals surface area contributed by atoms with Crippen LogP contribution in [0.1, 0.15) is 30.5 Å². The summed E-state index contributed by atoms with van der Waals surface area (Å²) in [5.74, 6) is 1.59. The molecular formula is C15H20BrNO2. The lowest BCUT2D eigenvalue weighted by molar-refractivity contribution is 0.0960. The van der Waals surface area contributed by atoms with Crippen molar-refractivity contribution in [2.75, 3.05) is 20.3 Å².